The van der Waals surface area contributed by atoms with Crippen molar-refractivity contribution in [2.75, 3.05) is 33.1 Å². The summed E-state index contributed by atoms with van der Waals surface area (Å²) in [5.41, 5.74) is 2.55. The Morgan fingerprint density at radius 2 is 1.93 bits per heavy atom. The number of rotatable bonds is 7. The Kier molecular flexibility index (Phi) is 6.28. The van der Waals surface area contributed by atoms with Gasteiger partial charge in [0.25, 0.3) is 0 Å². The van der Waals surface area contributed by atoms with Gasteiger partial charge < -0.3 is 19.7 Å². The third-order valence-corrected chi connectivity index (χ3v) is 4.52. The zero-order valence-corrected chi connectivity index (χ0v) is 16.9. The molecule has 0 aliphatic rings. The molecule has 9 heteroatoms. The number of aromatic nitrogens is 4. The number of nitrogens with one attached hydrogen (secondary N) is 1. The van der Waals surface area contributed by atoms with Gasteiger partial charge in [-0.25, -0.2) is 9.48 Å². The highest BCUT2D eigenvalue weighted by molar-refractivity contribution is 5.89. The lowest BCUT2D eigenvalue weighted by atomic mass is 10.1. The Bertz CT molecular complexity index is 988. The molecule has 2 amide bonds. The number of likely N-dealkylation sites (N-methyl/N-ethyl adjacent to an activating group) is 1. The first-order valence-corrected chi connectivity index (χ1v) is 9.07. The Hall–Kier alpha value is -3.62. The Morgan fingerprint density at radius 1 is 1.14 bits per heavy atom. The van der Waals surface area contributed by atoms with Crippen LogP contribution in [-0.2, 0) is 13.5 Å². The van der Waals surface area contributed by atoms with E-state index in [1.165, 1.54) is 0 Å². The maximum absolute atomic E-state index is 12.5. The van der Waals surface area contributed by atoms with Gasteiger partial charge in [0.1, 0.15) is 0 Å². The standard InChI is InChI=1S/C20H24N6O3/c1-25(11-10-14-8-9-17(28-3)18(12-14)29-4)20(27)21-16-7-5-6-15(13-16)19-22-23-24-26(19)2/h5-9,12-13H,10-11H2,1-4H3,(H,21,27). The van der Waals surface area contributed by atoms with E-state index < -0.39 is 0 Å². The molecule has 0 aliphatic carbocycles. The molecule has 1 heterocycles. The average molecular weight is 396 g/mol. The Labute approximate surface area is 169 Å². The van der Waals surface area contributed by atoms with Crippen molar-refractivity contribution in [1.29, 1.82) is 0 Å². The summed E-state index contributed by atoms with van der Waals surface area (Å²) in [6.07, 6.45) is 0.689. The number of ether oxygens (including phenoxy) is 2. The van der Waals surface area contributed by atoms with Crippen LogP contribution in [0.5, 0.6) is 11.5 Å². The van der Waals surface area contributed by atoms with Gasteiger partial charge in [-0.2, -0.15) is 0 Å². The van der Waals surface area contributed by atoms with Crippen LogP contribution in [0.4, 0.5) is 10.5 Å². The zero-order chi connectivity index (χ0) is 20.8. The fraction of sp³-hybridized carbons (Fsp3) is 0.300. The van der Waals surface area contributed by atoms with E-state index in [0.29, 0.717) is 36.0 Å². The second kappa shape index (κ2) is 9.05. The summed E-state index contributed by atoms with van der Waals surface area (Å²) in [7, 11) is 6.73. The number of carbonyl (C=O) groups excluding carboxylic acids is 1. The quantitative estimate of drug-likeness (QED) is 0.660. The van der Waals surface area contributed by atoms with Crippen LogP contribution in [0.15, 0.2) is 42.5 Å². The lowest BCUT2D eigenvalue weighted by Gasteiger charge is -2.18. The molecule has 0 spiro atoms. The summed E-state index contributed by atoms with van der Waals surface area (Å²) in [6, 6.07) is 13.0. The van der Waals surface area contributed by atoms with Crippen LogP contribution in [-0.4, -0.2) is 59.0 Å². The Balaban J connectivity index is 1.60. The molecule has 0 radical (unpaired) electrons. The maximum atomic E-state index is 12.5. The highest BCUT2D eigenvalue weighted by Gasteiger charge is 2.12. The number of hydrogen-bond donors (Lipinski definition) is 1. The first-order chi connectivity index (χ1) is 14.0. The van der Waals surface area contributed by atoms with Crippen LogP contribution in [0.1, 0.15) is 5.56 Å². The molecule has 0 unspecified atom stereocenters. The molecule has 29 heavy (non-hydrogen) atoms. The normalized spacial score (nSPS) is 10.5. The van der Waals surface area contributed by atoms with Gasteiger partial charge in [0.15, 0.2) is 17.3 Å². The molecule has 0 bridgehead atoms. The van der Waals surface area contributed by atoms with Crippen molar-refractivity contribution >= 4 is 11.7 Å². The Morgan fingerprint density at radius 3 is 2.62 bits per heavy atom. The van der Waals surface area contributed by atoms with Crippen LogP contribution in [0, 0.1) is 0 Å². The number of benzene rings is 2. The van der Waals surface area contributed by atoms with Crippen LogP contribution in [0.3, 0.4) is 0 Å². The number of aryl methyl sites for hydroxylation is 1. The molecule has 3 aromatic rings. The fourth-order valence-electron chi connectivity index (χ4n) is 2.86. The lowest BCUT2D eigenvalue weighted by Crippen LogP contribution is -2.33. The summed E-state index contributed by atoms with van der Waals surface area (Å²) in [5.74, 6) is 1.98. The number of carbonyl (C=O) groups is 1. The van der Waals surface area contributed by atoms with E-state index in [-0.39, 0.29) is 6.03 Å². The topological polar surface area (TPSA) is 94.4 Å². The molecule has 0 fully saturated rings. The molecular formula is C20H24N6O3. The zero-order valence-electron chi connectivity index (χ0n) is 16.9. The van der Waals surface area contributed by atoms with Gasteiger partial charge >= 0.3 is 6.03 Å². The molecule has 1 aromatic heterocycles. The van der Waals surface area contributed by atoms with E-state index in [1.807, 2.05) is 42.5 Å². The van der Waals surface area contributed by atoms with Gasteiger partial charge in [-0.1, -0.05) is 18.2 Å². The van der Waals surface area contributed by atoms with Gasteiger partial charge in [-0.3, -0.25) is 0 Å². The average Bonchev–Trinajstić information content (AvgIpc) is 3.17. The molecule has 0 aliphatic heterocycles. The van der Waals surface area contributed by atoms with E-state index in [1.54, 1.807) is 37.9 Å². The van der Waals surface area contributed by atoms with Crippen LogP contribution < -0.4 is 14.8 Å². The van der Waals surface area contributed by atoms with Crippen LogP contribution in [0.2, 0.25) is 0 Å². The number of amides is 2. The highest BCUT2D eigenvalue weighted by Crippen LogP contribution is 2.27. The second-order valence-electron chi connectivity index (χ2n) is 6.50. The van der Waals surface area contributed by atoms with Crippen molar-refractivity contribution < 1.29 is 14.3 Å². The molecule has 0 saturated heterocycles. The fourth-order valence-corrected chi connectivity index (χ4v) is 2.86. The highest BCUT2D eigenvalue weighted by atomic mass is 16.5. The molecule has 2 aromatic carbocycles. The minimum absolute atomic E-state index is 0.196. The van der Waals surface area contributed by atoms with E-state index in [0.717, 1.165) is 11.1 Å². The summed E-state index contributed by atoms with van der Waals surface area (Å²) >= 11 is 0. The molecule has 0 saturated carbocycles. The predicted molar refractivity (Wildman–Crippen MR) is 109 cm³/mol. The van der Waals surface area contributed by atoms with Crippen molar-refractivity contribution in [2.24, 2.45) is 7.05 Å². The molecule has 9 nitrogen and oxygen atoms in total. The minimum Gasteiger partial charge on any atom is -0.493 e. The van der Waals surface area contributed by atoms with Crippen molar-refractivity contribution in [3.63, 3.8) is 0 Å². The molecule has 0 atom stereocenters. The number of methoxy groups -OCH3 is 2. The van der Waals surface area contributed by atoms with Crippen LogP contribution in [0.25, 0.3) is 11.4 Å². The van der Waals surface area contributed by atoms with Crippen molar-refractivity contribution in [2.45, 2.75) is 6.42 Å². The largest absolute Gasteiger partial charge is 0.493 e. The number of nitrogens with zero attached hydrogens (tertiary/aromatic N) is 5. The van der Waals surface area contributed by atoms with Crippen LogP contribution >= 0.6 is 0 Å². The monoisotopic (exact) mass is 396 g/mol. The smallest absolute Gasteiger partial charge is 0.321 e. The number of urea groups is 1. The lowest BCUT2D eigenvalue weighted by molar-refractivity contribution is 0.223. The maximum Gasteiger partial charge on any atom is 0.321 e. The summed E-state index contributed by atoms with van der Waals surface area (Å²) in [5, 5.41) is 14.4. The van der Waals surface area contributed by atoms with Gasteiger partial charge in [-0.05, 0) is 46.7 Å². The molecule has 1 N–H and O–H groups in total. The number of anilines is 1. The van der Waals surface area contributed by atoms with Crippen molar-refractivity contribution in [1.82, 2.24) is 25.1 Å². The minimum atomic E-state index is -0.196. The molecular weight excluding hydrogens is 372 g/mol. The third-order valence-electron chi connectivity index (χ3n) is 4.52. The number of tetrazole rings is 1. The second-order valence-corrected chi connectivity index (χ2v) is 6.50. The molecule has 152 valence electrons. The SMILES string of the molecule is COc1ccc(CCN(C)C(=O)Nc2cccc(-c3nnnn3C)c2)cc1OC. The first kappa shape index (κ1) is 20.1. The van der Waals surface area contributed by atoms with Crippen molar-refractivity contribution in [3.8, 4) is 22.9 Å². The van der Waals surface area contributed by atoms with E-state index in [4.69, 9.17) is 9.47 Å². The molecule has 3 rings (SSSR count). The van der Waals surface area contributed by atoms with E-state index in [2.05, 4.69) is 20.8 Å². The number of hydrogen-bond acceptors (Lipinski definition) is 6. The summed E-state index contributed by atoms with van der Waals surface area (Å²) < 4.78 is 12.2. The predicted octanol–water partition coefficient (Wildman–Crippen LogP) is 2.60. The van der Waals surface area contributed by atoms with Gasteiger partial charge in [-0.15, -0.1) is 5.10 Å². The van der Waals surface area contributed by atoms with Gasteiger partial charge in [0.2, 0.25) is 0 Å². The van der Waals surface area contributed by atoms with E-state index in [9.17, 15) is 4.79 Å². The summed E-state index contributed by atoms with van der Waals surface area (Å²) in [6.45, 7) is 0.550. The van der Waals surface area contributed by atoms with Crippen molar-refractivity contribution in [3.05, 3.63) is 48.0 Å². The summed E-state index contributed by atoms with van der Waals surface area (Å²) in [4.78, 5) is 14.2. The third kappa shape index (κ3) is 4.81. The first-order valence-electron chi connectivity index (χ1n) is 9.07. The van der Waals surface area contributed by atoms with Gasteiger partial charge in [0.05, 0.1) is 14.2 Å². The van der Waals surface area contributed by atoms with Gasteiger partial charge in [0, 0.05) is 31.9 Å². The van der Waals surface area contributed by atoms with E-state index >= 15 is 0 Å².